The molecule has 1 aliphatic rings. The Balaban J connectivity index is 1.90. The summed E-state index contributed by atoms with van der Waals surface area (Å²) in [4.78, 5) is 0.270. The first-order valence-electron chi connectivity index (χ1n) is 7.28. The van der Waals surface area contributed by atoms with Crippen LogP contribution in [0.3, 0.4) is 0 Å². The van der Waals surface area contributed by atoms with Crippen molar-refractivity contribution in [1.82, 2.24) is 4.72 Å². The lowest BCUT2D eigenvalue weighted by atomic mass is 10.1. The average molecular weight is 312 g/mol. The van der Waals surface area contributed by atoms with Crippen molar-refractivity contribution in [3.8, 4) is 5.75 Å². The Morgan fingerprint density at radius 1 is 1.33 bits per heavy atom. The van der Waals surface area contributed by atoms with Gasteiger partial charge in [0, 0.05) is 6.54 Å². The summed E-state index contributed by atoms with van der Waals surface area (Å²) in [6.45, 7) is 5.93. The van der Waals surface area contributed by atoms with Crippen molar-refractivity contribution in [3.05, 3.63) is 24.3 Å². The topological polar surface area (TPSA) is 81.4 Å². The predicted octanol–water partition coefficient (Wildman–Crippen LogP) is 1.74. The summed E-state index contributed by atoms with van der Waals surface area (Å²) >= 11 is 0. The first-order valence-corrected chi connectivity index (χ1v) is 8.76. The molecule has 0 bridgehead atoms. The summed E-state index contributed by atoms with van der Waals surface area (Å²) in [6.07, 6.45) is 1.85. The maximum absolute atomic E-state index is 12.2. The minimum atomic E-state index is -3.43. The van der Waals surface area contributed by atoms with E-state index in [4.69, 9.17) is 10.5 Å². The van der Waals surface area contributed by atoms with Gasteiger partial charge in [0.25, 0.3) is 0 Å². The molecule has 0 amide bonds. The molecule has 0 radical (unpaired) electrons. The molecule has 1 saturated carbocycles. The molecule has 6 heteroatoms. The van der Waals surface area contributed by atoms with Gasteiger partial charge in [0.15, 0.2) is 0 Å². The molecule has 1 fully saturated rings. The summed E-state index contributed by atoms with van der Waals surface area (Å²) in [5.41, 5.74) is 5.66. The van der Waals surface area contributed by atoms with Crippen molar-refractivity contribution in [2.45, 2.75) is 31.6 Å². The number of hydrogen-bond acceptors (Lipinski definition) is 4. The second kappa shape index (κ2) is 6.34. The highest BCUT2D eigenvalue weighted by atomic mass is 32.2. The molecule has 2 rings (SSSR count). The summed E-state index contributed by atoms with van der Waals surface area (Å²) in [6, 6.07) is 6.48. The fourth-order valence-electron chi connectivity index (χ4n) is 2.21. The maximum Gasteiger partial charge on any atom is 0.240 e. The Kier molecular flexibility index (Phi) is 4.91. The molecule has 3 N–H and O–H groups in total. The van der Waals surface area contributed by atoms with Gasteiger partial charge >= 0.3 is 0 Å². The fraction of sp³-hybridized carbons (Fsp3) is 0.600. The molecule has 0 aromatic heterocycles. The van der Waals surface area contributed by atoms with Crippen molar-refractivity contribution in [2.75, 3.05) is 19.7 Å². The number of ether oxygens (including phenoxy) is 1. The number of nitrogens with two attached hydrogens (primary N) is 1. The molecule has 5 nitrogen and oxygen atoms in total. The van der Waals surface area contributed by atoms with E-state index >= 15 is 0 Å². The zero-order chi connectivity index (χ0) is 15.5. The summed E-state index contributed by atoms with van der Waals surface area (Å²) in [5.74, 6) is 1.09. The average Bonchev–Trinajstić information content (AvgIpc) is 3.05. The second-order valence-electron chi connectivity index (χ2n) is 6.20. The van der Waals surface area contributed by atoms with E-state index in [9.17, 15) is 8.42 Å². The van der Waals surface area contributed by atoms with E-state index < -0.39 is 10.0 Å². The van der Waals surface area contributed by atoms with Crippen molar-refractivity contribution in [2.24, 2.45) is 17.1 Å². The summed E-state index contributed by atoms with van der Waals surface area (Å²) in [7, 11) is -3.43. The monoisotopic (exact) mass is 312 g/mol. The van der Waals surface area contributed by atoms with Gasteiger partial charge in [-0.15, -0.1) is 0 Å². The van der Waals surface area contributed by atoms with Crippen LogP contribution in [0.4, 0.5) is 0 Å². The van der Waals surface area contributed by atoms with Crippen molar-refractivity contribution >= 4 is 10.0 Å². The van der Waals surface area contributed by atoms with E-state index in [-0.39, 0.29) is 10.3 Å². The molecule has 1 unspecified atom stereocenters. The van der Waals surface area contributed by atoms with E-state index in [0.29, 0.717) is 31.4 Å². The van der Waals surface area contributed by atoms with E-state index in [1.54, 1.807) is 24.3 Å². The highest BCUT2D eigenvalue weighted by Crippen LogP contribution is 2.51. The Morgan fingerprint density at radius 3 is 2.48 bits per heavy atom. The molecule has 0 heterocycles. The van der Waals surface area contributed by atoms with Gasteiger partial charge in [-0.2, -0.15) is 0 Å². The molecule has 118 valence electrons. The lowest BCUT2D eigenvalue weighted by Crippen LogP contribution is -2.26. The van der Waals surface area contributed by atoms with E-state index in [1.165, 1.54) is 0 Å². The normalized spacial score (nSPS) is 20.2. The molecular formula is C15H24N2O3S. The van der Waals surface area contributed by atoms with Crippen LogP contribution in [0.2, 0.25) is 0 Å². The van der Waals surface area contributed by atoms with Crippen LogP contribution in [0.25, 0.3) is 0 Å². The molecule has 1 atom stereocenters. The lowest BCUT2D eigenvalue weighted by molar-refractivity contribution is 0.313. The highest BCUT2D eigenvalue weighted by molar-refractivity contribution is 7.89. The zero-order valence-corrected chi connectivity index (χ0v) is 13.4. The minimum Gasteiger partial charge on any atom is -0.494 e. The number of benzene rings is 1. The third-order valence-corrected chi connectivity index (χ3v) is 5.43. The Bertz CT molecular complexity index is 567. The van der Waals surface area contributed by atoms with Gasteiger partial charge in [0.05, 0.1) is 11.5 Å². The van der Waals surface area contributed by atoms with Crippen LogP contribution in [-0.4, -0.2) is 28.1 Å². The number of rotatable bonds is 8. The summed E-state index contributed by atoms with van der Waals surface area (Å²) in [5, 5.41) is 0. The Morgan fingerprint density at radius 2 is 1.95 bits per heavy atom. The largest absolute Gasteiger partial charge is 0.494 e. The predicted molar refractivity (Wildman–Crippen MR) is 82.7 cm³/mol. The van der Waals surface area contributed by atoms with Gasteiger partial charge in [-0.05, 0) is 55.0 Å². The molecule has 0 spiro atoms. The molecule has 1 aromatic rings. The van der Waals surface area contributed by atoms with E-state index in [1.807, 2.05) is 0 Å². The van der Waals surface area contributed by atoms with Crippen LogP contribution in [-0.2, 0) is 10.0 Å². The van der Waals surface area contributed by atoms with Crippen LogP contribution in [0, 0.1) is 11.3 Å². The smallest absolute Gasteiger partial charge is 0.240 e. The third-order valence-electron chi connectivity index (χ3n) is 3.99. The van der Waals surface area contributed by atoms with Crippen LogP contribution in [0.5, 0.6) is 5.75 Å². The Labute approximate surface area is 126 Å². The standard InChI is InChI=1S/C15H24N2O3S/c1-15(2)10-12(15)11-17-21(18,19)14-6-4-13(5-7-14)20-9-3-8-16/h4-7,12,17H,3,8-11,16H2,1-2H3. The van der Waals surface area contributed by atoms with Gasteiger partial charge in [-0.1, -0.05) is 13.8 Å². The van der Waals surface area contributed by atoms with Crippen LogP contribution in [0.15, 0.2) is 29.2 Å². The number of hydrogen-bond donors (Lipinski definition) is 2. The SMILES string of the molecule is CC1(C)CC1CNS(=O)(=O)c1ccc(OCCCN)cc1. The van der Waals surface area contributed by atoms with Gasteiger partial charge < -0.3 is 10.5 Å². The minimum absolute atomic E-state index is 0.267. The van der Waals surface area contributed by atoms with Crippen molar-refractivity contribution < 1.29 is 13.2 Å². The third kappa shape index (κ3) is 4.43. The first-order chi connectivity index (χ1) is 9.85. The van der Waals surface area contributed by atoms with Crippen LogP contribution in [0.1, 0.15) is 26.7 Å². The van der Waals surface area contributed by atoms with Crippen molar-refractivity contribution in [3.63, 3.8) is 0 Å². The molecule has 1 aromatic carbocycles. The van der Waals surface area contributed by atoms with Crippen LogP contribution < -0.4 is 15.2 Å². The highest BCUT2D eigenvalue weighted by Gasteiger charge is 2.45. The molecule has 0 aliphatic heterocycles. The Hall–Kier alpha value is -1.11. The van der Waals surface area contributed by atoms with Crippen LogP contribution >= 0.6 is 0 Å². The molecule has 21 heavy (non-hydrogen) atoms. The molecule has 0 saturated heterocycles. The second-order valence-corrected chi connectivity index (χ2v) is 7.97. The quantitative estimate of drug-likeness (QED) is 0.716. The number of sulfonamides is 1. The fourth-order valence-corrected chi connectivity index (χ4v) is 3.29. The maximum atomic E-state index is 12.2. The molecular weight excluding hydrogens is 288 g/mol. The van der Waals surface area contributed by atoms with Crippen molar-refractivity contribution in [1.29, 1.82) is 0 Å². The van der Waals surface area contributed by atoms with Gasteiger partial charge in [0.1, 0.15) is 5.75 Å². The van der Waals surface area contributed by atoms with E-state index in [2.05, 4.69) is 18.6 Å². The van der Waals surface area contributed by atoms with Gasteiger partial charge in [-0.25, -0.2) is 13.1 Å². The lowest BCUT2D eigenvalue weighted by Gasteiger charge is -2.09. The molecule has 1 aliphatic carbocycles. The first kappa shape index (κ1) is 16.3. The van der Waals surface area contributed by atoms with E-state index in [0.717, 1.165) is 12.8 Å². The van der Waals surface area contributed by atoms with Gasteiger partial charge in [0.2, 0.25) is 10.0 Å². The van der Waals surface area contributed by atoms with Gasteiger partial charge in [-0.3, -0.25) is 0 Å². The summed E-state index contributed by atoms with van der Waals surface area (Å²) < 4.78 is 32.5. The zero-order valence-electron chi connectivity index (χ0n) is 12.6. The number of nitrogens with one attached hydrogen (secondary N) is 1.